The minimum Gasteiger partial charge on any atom is -0.487 e. The summed E-state index contributed by atoms with van der Waals surface area (Å²) < 4.78 is 5.84. The molecule has 0 amide bonds. The molecule has 3 nitrogen and oxygen atoms in total. The predicted octanol–water partition coefficient (Wildman–Crippen LogP) is 1.79. The van der Waals surface area contributed by atoms with Gasteiger partial charge in [0.05, 0.1) is 6.61 Å². The van der Waals surface area contributed by atoms with E-state index < -0.39 is 0 Å². The fourth-order valence-corrected chi connectivity index (χ4v) is 1.88. The molecular weight excluding hydrogens is 178 g/mol. The number of benzene rings is 1. The van der Waals surface area contributed by atoms with E-state index in [1.54, 1.807) is 0 Å². The Hall–Kier alpha value is -1.06. The molecule has 0 saturated carbocycles. The zero-order valence-corrected chi connectivity index (χ0v) is 8.54. The van der Waals surface area contributed by atoms with Gasteiger partial charge in [-0.2, -0.15) is 0 Å². The molecule has 0 aliphatic carbocycles. The summed E-state index contributed by atoms with van der Waals surface area (Å²) in [5, 5.41) is 0. The lowest BCUT2D eigenvalue weighted by Gasteiger charge is -2.18. The van der Waals surface area contributed by atoms with Crippen molar-refractivity contribution in [2.45, 2.75) is 32.5 Å². The van der Waals surface area contributed by atoms with Crippen LogP contribution < -0.4 is 10.6 Å². The van der Waals surface area contributed by atoms with Crippen molar-refractivity contribution >= 4 is 0 Å². The molecule has 3 heteroatoms. The molecule has 0 spiro atoms. The fourth-order valence-electron chi connectivity index (χ4n) is 1.88. The maximum Gasteiger partial charge on any atom is 0.129 e. The van der Waals surface area contributed by atoms with Gasteiger partial charge in [0.15, 0.2) is 0 Å². The molecule has 0 fully saturated rings. The molecular formula is C11H15NO2. The molecule has 2 N–H and O–H groups in total. The van der Waals surface area contributed by atoms with E-state index >= 15 is 0 Å². The summed E-state index contributed by atoms with van der Waals surface area (Å²) in [7, 11) is 0. The summed E-state index contributed by atoms with van der Waals surface area (Å²) in [6.45, 7) is 4.57. The zero-order chi connectivity index (χ0) is 10.2. The monoisotopic (exact) mass is 193 g/mol. The van der Waals surface area contributed by atoms with Crippen LogP contribution in [0.5, 0.6) is 5.75 Å². The molecule has 76 valence electrons. The van der Waals surface area contributed by atoms with Gasteiger partial charge in [-0.1, -0.05) is 18.2 Å². The van der Waals surface area contributed by atoms with Gasteiger partial charge in [0.25, 0.3) is 0 Å². The number of nitrogens with two attached hydrogens (primary N) is 1. The summed E-state index contributed by atoms with van der Waals surface area (Å²) in [4.78, 5) is 4.64. The van der Waals surface area contributed by atoms with Crippen molar-refractivity contribution < 1.29 is 9.57 Å². The van der Waals surface area contributed by atoms with E-state index in [0.29, 0.717) is 6.61 Å². The molecule has 1 aromatic rings. The van der Waals surface area contributed by atoms with Gasteiger partial charge in [0.1, 0.15) is 11.4 Å². The first-order chi connectivity index (χ1) is 6.62. The molecule has 0 atom stereocenters. The van der Waals surface area contributed by atoms with Crippen LogP contribution in [-0.4, -0.2) is 5.60 Å². The van der Waals surface area contributed by atoms with Gasteiger partial charge >= 0.3 is 0 Å². The van der Waals surface area contributed by atoms with E-state index in [-0.39, 0.29) is 5.60 Å². The SMILES string of the molecule is CC1(C)Cc2cccc(CON)c2O1. The Morgan fingerprint density at radius 2 is 2.29 bits per heavy atom. The van der Waals surface area contributed by atoms with Crippen molar-refractivity contribution in [2.24, 2.45) is 5.90 Å². The molecule has 1 aromatic carbocycles. The van der Waals surface area contributed by atoms with Gasteiger partial charge < -0.3 is 4.74 Å². The predicted molar refractivity (Wildman–Crippen MR) is 53.8 cm³/mol. The highest BCUT2D eigenvalue weighted by Crippen LogP contribution is 2.37. The molecule has 0 unspecified atom stereocenters. The molecule has 1 aliphatic rings. The van der Waals surface area contributed by atoms with E-state index in [4.69, 9.17) is 10.6 Å². The zero-order valence-electron chi connectivity index (χ0n) is 8.54. The number of para-hydroxylation sites is 1. The van der Waals surface area contributed by atoms with Gasteiger partial charge in [0.2, 0.25) is 0 Å². The smallest absolute Gasteiger partial charge is 0.129 e. The average molecular weight is 193 g/mol. The van der Waals surface area contributed by atoms with E-state index in [9.17, 15) is 0 Å². The van der Waals surface area contributed by atoms with E-state index in [2.05, 4.69) is 24.8 Å². The summed E-state index contributed by atoms with van der Waals surface area (Å²) in [5.41, 5.74) is 2.16. The minimum absolute atomic E-state index is 0.104. The van der Waals surface area contributed by atoms with Crippen molar-refractivity contribution in [3.63, 3.8) is 0 Å². The van der Waals surface area contributed by atoms with Crippen LogP contribution in [0.4, 0.5) is 0 Å². The quantitative estimate of drug-likeness (QED) is 0.728. The molecule has 1 heterocycles. The highest BCUT2D eigenvalue weighted by Gasteiger charge is 2.31. The highest BCUT2D eigenvalue weighted by atomic mass is 16.6. The third-order valence-corrected chi connectivity index (χ3v) is 2.41. The van der Waals surface area contributed by atoms with Crippen LogP contribution in [0.2, 0.25) is 0 Å². The van der Waals surface area contributed by atoms with Crippen LogP contribution >= 0.6 is 0 Å². The second kappa shape index (κ2) is 3.26. The van der Waals surface area contributed by atoms with Crippen LogP contribution in [0.1, 0.15) is 25.0 Å². The second-order valence-electron chi connectivity index (χ2n) is 4.25. The number of hydrogen-bond acceptors (Lipinski definition) is 3. The normalized spacial score (nSPS) is 17.6. The van der Waals surface area contributed by atoms with Gasteiger partial charge in [-0.15, -0.1) is 0 Å². The van der Waals surface area contributed by atoms with E-state index in [1.807, 2.05) is 12.1 Å². The number of hydrogen-bond donors (Lipinski definition) is 1. The van der Waals surface area contributed by atoms with Crippen LogP contribution in [0.25, 0.3) is 0 Å². The Balaban J connectivity index is 2.36. The third-order valence-electron chi connectivity index (χ3n) is 2.41. The molecule has 0 saturated heterocycles. The summed E-state index contributed by atoms with van der Waals surface area (Å²) in [6.07, 6.45) is 0.945. The lowest BCUT2D eigenvalue weighted by atomic mass is 10.0. The van der Waals surface area contributed by atoms with E-state index in [0.717, 1.165) is 17.7 Å². The number of ether oxygens (including phenoxy) is 1. The van der Waals surface area contributed by atoms with Gasteiger partial charge in [0, 0.05) is 12.0 Å². The van der Waals surface area contributed by atoms with Crippen LogP contribution in [-0.2, 0) is 17.9 Å². The molecule has 0 radical (unpaired) electrons. The molecule has 0 bridgehead atoms. The van der Waals surface area contributed by atoms with Crippen molar-refractivity contribution in [3.05, 3.63) is 29.3 Å². The van der Waals surface area contributed by atoms with Crippen molar-refractivity contribution in [3.8, 4) is 5.75 Å². The highest BCUT2D eigenvalue weighted by molar-refractivity contribution is 5.45. The topological polar surface area (TPSA) is 44.5 Å². The van der Waals surface area contributed by atoms with Gasteiger partial charge in [-0.25, -0.2) is 5.90 Å². The largest absolute Gasteiger partial charge is 0.487 e. The molecule has 1 aliphatic heterocycles. The molecule has 2 rings (SSSR count). The van der Waals surface area contributed by atoms with Gasteiger partial charge in [-0.05, 0) is 19.4 Å². The molecule has 0 aromatic heterocycles. The maximum absolute atomic E-state index is 5.84. The summed E-state index contributed by atoms with van der Waals surface area (Å²) >= 11 is 0. The summed E-state index contributed by atoms with van der Waals surface area (Å²) in [6, 6.07) is 6.08. The van der Waals surface area contributed by atoms with Gasteiger partial charge in [-0.3, -0.25) is 4.84 Å². The molecule has 14 heavy (non-hydrogen) atoms. The van der Waals surface area contributed by atoms with Crippen molar-refractivity contribution in [1.29, 1.82) is 0 Å². The van der Waals surface area contributed by atoms with E-state index in [1.165, 1.54) is 5.56 Å². The minimum atomic E-state index is -0.104. The first-order valence-electron chi connectivity index (χ1n) is 4.74. The Bertz CT molecular complexity index is 347. The Labute approximate surface area is 83.8 Å². The van der Waals surface area contributed by atoms with Crippen LogP contribution in [0.15, 0.2) is 18.2 Å². The van der Waals surface area contributed by atoms with Crippen LogP contribution in [0.3, 0.4) is 0 Å². The number of fused-ring (bicyclic) bond motifs is 1. The average Bonchev–Trinajstić information content (AvgIpc) is 2.41. The van der Waals surface area contributed by atoms with Crippen molar-refractivity contribution in [2.75, 3.05) is 0 Å². The Morgan fingerprint density at radius 1 is 1.50 bits per heavy atom. The first-order valence-corrected chi connectivity index (χ1v) is 4.74. The number of rotatable bonds is 2. The summed E-state index contributed by atoms with van der Waals surface area (Å²) in [5.74, 6) is 6.01. The Morgan fingerprint density at radius 3 is 3.00 bits per heavy atom. The lowest BCUT2D eigenvalue weighted by Crippen LogP contribution is -2.25. The lowest BCUT2D eigenvalue weighted by molar-refractivity contribution is 0.110. The Kier molecular flexibility index (Phi) is 2.21. The van der Waals surface area contributed by atoms with Crippen LogP contribution in [0, 0.1) is 0 Å². The maximum atomic E-state index is 5.84. The fraction of sp³-hybridized carbons (Fsp3) is 0.455. The standard InChI is InChI=1S/C11H15NO2/c1-11(2)6-8-4-3-5-9(7-13-12)10(8)14-11/h3-5H,6-7,12H2,1-2H3. The first kappa shape index (κ1) is 9.49. The second-order valence-corrected chi connectivity index (χ2v) is 4.25. The van der Waals surface area contributed by atoms with Crippen molar-refractivity contribution in [1.82, 2.24) is 0 Å². The third kappa shape index (κ3) is 1.61.